The van der Waals surface area contributed by atoms with E-state index in [0.29, 0.717) is 43.4 Å². The molecule has 0 bridgehead atoms. The van der Waals surface area contributed by atoms with Crippen molar-refractivity contribution < 1.29 is 23.0 Å². The van der Waals surface area contributed by atoms with Crippen LogP contribution in [0.2, 0.25) is 0 Å². The lowest BCUT2D eigenvalue weighted by Gasteiger charge is -2.36. The zero-order chi connectivity index (χ0) is 17.4. The van der Waals surface area contributed by atoms with Gasteiger partial charge in [-0.3, -0.25) is 9.48 Å². The van der Waals surface area contributed by atoms with Crippen LogP contribution in [0.4, 0.5) is 8.78 Å². The summed E-state index contributed by atoms with van der Waals surface area (Å²) in [5.41, 5.74) is 1.05. The highest BCUT2D eigenvalue weighted by atomic mass is 19.1. The summed E-state index contributed by atoms with van der Waals surface area (Å²) in [5.74, 6) is -0.402. The van der Waals surface area contributed by atoms with Crippen LogP contribution in [0.1, 0.15) is 16.2 Å². The van der Waals surface area contributed by atoms with Gasteiger partial charge < -0.3 is 14.4 Å². The Morgan fingerprint density at radius 3 is 2.92 bits per heavy atom. The fourth-order valence-electron chi connectivity index (χ4n) is 2.97. The molecule has 0 N–H and O–H groups in total. The van der Waals surface area contributed by atoms with E-state index in [4.69, 9.17) is 9.47 Å². The number of amides is 1. The zero-order valence-electron chi connectivity index (χ0n) is 13.4. The van der Waals surface area contributed by atoms with E-state index < -0.39 is 6.36 Å². The summed E-state index contributed by atoms with van der Waals surface area (Å²) < 4.78 is 38.2. The van der Waals surface area contributed by atoms with Gasteiger partial charge in [0.05, 0.1) is 19.1 Å². The lowest BCUT2D eigenvalue weighted by molar-refractivity contribution is -0.191. The van der Waals surface area contributed by atoms with Gasteiger partial charge in [0, 0.05) is 19.2 Å². The van der Waals surface area contributed by atoms with Gasteiger partial charge in [-0.15, -0.1) is 0 Å². The van der Waals surface area contributed by atoms with E-state index >= 15 is 0 Å². The smallest absolute Gasteiger partial charge is 0.272 e. The fraction of sp³-hybridized carbons (Fsp3) is 0.412. The minimum absolute atomic E-state index is 0.139. The van der Waals surface area contributed by atoms with Gasteiger partial charge in [-0.1, -0.05) is 6.07 Å². The molecule has 132 valence electrons. The highest BCUT2D eigenvalue weighted by molar-refractivity contribution is 5.93. The molecule has 0 radical (unpaired) electrons. The molecule has 1 aromatic carbocycles. The Morgan fingerprint density at radius 2 is 2.20 bits per heavy atom. The number of halogens is 2. The summed E-state index contributed by atoms with van der Waals surface area (Å²) in [4.78, 5) is 14.2. The lowest BCUT2D eigenvalue weighted by Crippen LogP contribution is -2.49. The summed E-state index contributed by atoms with van der Waals surface area (Å²) in [6.07, 6.45) is -1.28. The SMILES string of the molecule is O=C1c2cc(COc3cccc(F)c3)nn2CCN1C[C@@H]1COC1F. The number of alkyl halides is 1. The third-order valence-electron chi connectivity index (χ3n) is 4.40. The van der Waals surface area contributed by atoms with Crippen molar-refractivity contribution in [2.24, 2.45) is 5.92 Å². The number of hydrogen-bond donors (Lipinski definition) is 0. The molecule has 4 rings (SSSR count). The zero-order valence-corrected chi connectivity index (χ0v) is 13.4. The monoisotopic (exact) mass is 349 g/mol. The van der Waals surface area contributed by atoms with Crippen LogP contribution in [0.25, 0.3) is 0 Å². The summed E-state index contributed by atoms with van der Waals surface area (Å²) >= 11 is 0. The van der Waals surface area contributed by atoms with Crippen LogP contribution in [-0.2, 0) is 17.9 Å². The fourth-order valence-corrected chi connectivity index (χ4v) is 2.97. The summed E-state index contributed by atoms with van der Waals surface area (Å²) in [6, 6.07) is 7.51. The summed E-state index contributed by atoms with van der Waals surface area (Å²) in [5, 5.41) is 4.35. The van der Waals surface area contributed by atoms with Gasteiger partial charge in [-0.2, -0.15) is 5.10 Å². The molecule has 2 aromatic rings. The van der Waals surface area contributed by atoms with Crippen molar-refractivity contribution in [3.8, 4) is 5.75 Å². The number of hydrogen-bond acceptors (Lipinski definition) is 4. The normalized spacial score (nSPS) is 22.5. The minimum atomic E-state index is -1.28. The van der Waals surface area contributed by atoms with E-state index in [1.807, 2.05) is 0 Å². The van der Waals surface area contributed by atoms with Crippen molar-refractivity contribution in [1.82, 2.24) is 14.7 Å². The number of fused-ring (bicyclic) bond motifs is 1. The molecule has 25 heavy (non-hydrogen) atoms. The number of nitrogens with zero attached hydrogens (tertiary/aromatic N) is 3. The maximum absolute atomic E-state index is 13.2. The molecule has 2 aliphatic heterocycles. The second-order valence-corrected chi connectivity index (χ2v) is 6.19. The molecule has 1 fully saturated rings. The third-order valence-corrected chi connectivity index (χ3v) is 4.40. The molecule has 1 aromatic heterocycles. The van der Waals surface area contributed by atoms with Crippen molar-refractivity contribution in [3.05, 3.63) is 47.5 Å². The second kappa shape index (κ2) is 6.44. The van der Waals surface area contributed by atoms with Crippen molar-refractivity contribution in [3.63, 3.8) is 0 Å². The van der Waals surface area contributed by atoms with Crippen LogP contribution in [0.3, 0.4) is 0 Å². The molecule has 8 heteroatoms. The molecule has 0 spiro atoms. The quantitative estimate of drug-likeness (QED) is 0.829. The average Bonchev–Trinajstić information content (AvgIpc) is 3.02. The third kappa shape index (κ3) is 3.21. The second-order valence-electron chi connectivity index (χ2n) is 6.19. The molecule has 6 nitrogen and oxygen atoms in total. The van der Waals surface area contributed by atoms with Gasteiger partial charge in [0.25, 0.3) is 5.91 Å². The van der Waals surface area contributed by atoms with Crippen LogP contribution < -0.4 is 4.74 Å². The Balaban J connectivity index is 1.42. The van der Waals surface area contributed by atoms with Gasteiger partial charge >= 0.3 is 0 Å². The standard InChI is InChI=1S/C17H17F2N3O3/c18-12-2-1-3-14(6-12)24-10-13-7-15-17(23)21(4-5-22(15)20-13)8-11-9-25-16(11)19/h1-3,6-7,11,16H,4-5,8-10H2/t11-,16?/m1/s1. The van der Waals surface area contributed by atoms with Gasteiger partial charge in [-0.05, 0) is 18.2 Å². The Kier molecular flexibility index (Phi) is 4.12. The van der Waals surface area contributed by atoms with Gasteiger partial charge in [0.2, 0.25) is 6.36 Å². The van der Waals surface area contributed by atoms with Crippen molar-refractivity contribution in [2.45, 2.75) is 19.5 Å². The van der Waals surface area contributed by atoms with Gasteiger partial charge in [0.15, 0.2) is 0 Å². The van der Waals surface area contributed by atoms with Crippen molar-refractivity contribution >= 4 is 5.91 Å². The molecule has 0 aliphatic carbocycles. The van der Waals surface area contributed by atoms with Crippen LogP contribution in [0.15, 0.2) is 30.3 Å². The predicted molar refractivity (Wildman–Crippen MR) is 83.2 cm³/mol. The van der Waals surface area contributed by atoms with Gasteiger partial charge in [0.1, 0.15) is 29.6 Å². The number of carbonyl (C=O) groups excluding carboxylic acids is 1. The molecule has 3 heterocycles. The lowest BCUT2D eigenvalue weighted by atomic mass is 10.1. The minimum Gasteiger partial charge on any atom is -0.487 e. The maximum Gasteiger partial charge on any atom is 0.272 e. The highest BCUT2D eigenvalue weighted by Gasteiger charge is 2.36. The molecular formula is C17H17F2N3O3. The van der Waals surface area contributed by atoms with E-state index in [-0.39, 0.29) is 24.2 Å². The number of rotatable bonds is 5. The van der Waals surface area contributed by atoms with Crippen molar-refractivity contribution in [1.29, 1.82) is 0 Å². The number of benzene rings is 1. The Morgan fingerprint density at radius 1 is 1.32 bits per heavy atom. The first-order valence-corrected chi connectivity index (χ1v) is 8.10. The largest absolute Gasteiger partial charge is 0.487 e. The number of ether oxygens (including phenoxy) is 2. The first-order chi connectivity index (χ1) is 12.1. The van der Waals surface area contributed by atoms with E-state index in [1.54, 1.807) is 27.8 Å². The molecule has 2 atom stereocenters. The molecule has 1 unspecified atom stereocenters. The maximum atomic E-state index is 13.2. The predicted octanol–water partition coefficient (Wildman–Crippen LogP) is 2.00. The molecule has 1 amide bonds. The van der Waals surface area contributed by atoms with E-state index in [9.17, 15) is 13.6 Å². The van der Waals surface area contributed by atoms with E-state index in [1.165, 1.54) is 12.1 Å². The van der Waals surface area contributed by atoms with Crippen LogP contribution in [0, 0.1) is 11.7 Å². The highest BCUT2D eigenvalue weighted by Crippen LogP contribution is 2.24. The summed E-state index contributed by atoms with van der Waals surface area (Å²) in [7, 11) is 0. The first-order valence-electron chi connectivity index (χ1n) is 8.10. The van der Waals surface area contributed by atoms with Crippen LogP contribution >= 0.6 is 0 Å². The van der Waals surface area contributed by atoms with E-state index in [2.05, 4.69) is 5.10 Å². The first kappa shape index (κ1) is 16.0. The number of carbonyl (C=O) groups is 1. The Hall–Kier alpha value is -2.48. The molecule has 0 saturated carbocycles. The topological polar surface area (TPSA) is 56.6 Å². The molecular weight excluding hydrogens is 332 g/mol. The molecule has 2 aliphatic rings. The Bertz CT molecular complexity index is 795. The number of aromatic nitrogens is 2. The van der Waals surface area contributed by atoms with Gasteiger partial charge in [-0.25, -0.2) is 8.78 Å². The van der Waals surface area contributed by atoms with E-state index in [0.717, 1.165) is 0 Å². The Labute approximate surface area is 142 Å². The van der Waals surface area contributed by atoms with Crippen LogP contribution in [-0.4, -0.2) is 46.6 Å². The average molecular weight is 349 g/mol. The van der Waals surface area contributed by atoms with Crippen LogP contribution in [0.5, 0.6) is 5.75 Å². The molecule has 1 saturated heterocycles. The summed E-state index contributed by atoms with van der Waals surface area (Å²) in [6.45, 7) is 1.86. The van der Waals surface area contributed by atoms with Crippen molar-refractivity contribution in [2.75, 3.05) is 19.7 Å².